The zero-order chi connectivity index (χ0) is 17.3. The summed E-state index contributed by atoms with van der Waals surface area (Å²) >= 11 is 5.26. The third kappa shape index (κ3) is 3.38. The summed E-state index contributed by atoms with van der Waals surface area (Å²) in [6, 6.07) is 26.8. The molecule has 0 aliphatic heterocycles. The van der Waals surface area contributed by atoms with E-state index in [0.29, 0.717) is 11.5 Å². The van der Waals surface area contributed by atoms with Crippen molar-refractivity contribution in [1.29, 1.82) is 0 Å². The van der Waals surface area contributed by atoms with Crippen molar-refractivity contribution in [3.8, 4) is 11.5 Å². The van der Waals surface area contributed by atoms with E-state index in [2.05, 4.69) is 0 Å². The standard InChI is InChI=1S/C20H15O3PS/c21-24(25,22-19-13-5-9-15-7-1-3-11-17(15)19)23-20-14-6-10-16-8-2-4-12-18(16)20/h1-14H,(H,21,25). The summed E-state index contributed by atoms with van der Waals surface area (Å²) in [5.74, 6) is 1.04. The number of benzene rings is 4. The van der Waals surface area contributed by atoms with Gasteiger partial charge in [0.1, 0.15) is 11.5 Å². The predicted octanol–water partition coefficient (Wildman–Crippen LogP) is 5.67. The maximum atomic E-state index is 10.6. The maximum absolute atomic E-state index is 10.6. The molecule has 0 spiro atoms. The molecule has 4 rings (SSSR count). The SMILES string of the molecule is OP(=S)(Oc1cccc2ccccc12)Oc1cccc2ccccc12. The summed E-state index contributed by atoms with van der Waals surface area (Å²) in [5, 5.41) is 3.80. The topological polar surface area (TPSA) is 38.7 Å². The Bertz CT molecular complexity index is 1010. The van der Waals surface area contributed by atoms with E-state index in [-0.39, 0.29) is 0 Å². The number of fused-ring (bicyclic) bond motifs is 2. The predicted molar refractivity (Wildman–Crippen MR) is 106 cm³/mol. The monoisotopic (exact) mass is 366 g/mol. The second kappa shape index (κ2) is 6.49. The highest BCUT2D eigenvalue weighted by atomic mass is 32.5. The van der Waals surface area contributed by atoms with Gasteiger partial charge in [-0.2, -0.15) is 0 Å². The molecule has 0 aromatic heterocycles. The van der Waals surface area contributed by atoms with E-state index in [1.165, 1.54) is 0 Å². The maximum Gasteiger partial charge on any atom is 0.432 e. The molecule has 3 nitrogen and oxygen atoms in total. The van der Waals surface area contributed by atoms with E-state index in [1.54, 1.807) is 12.1 Å². The quantitative estimate of drug-likeness (QED) is 0.473. The minimum absolute atomic E-state index is 0.518. The first kappa shape index (κ1) is 16.1. The molecule has 0 bridgehead atoms. The Labute approximate surface area is 150 Å². The van der Waals surface area contributed by atoms with Crippen LogP contribution in [0.2, 0.25) is 0 Å². The van der Waals surface area contributed by atoms with Gasteiger partial charge in [-0.05, 0) is 22.9 Å². The highest BCUT2D eigenvalue weighted by molar-refractivity contribution is 8.07. The Morgan fingerprint density at radius 3 is 1.48 bits per heavy atom. The molecular weight excluding hydrogens is 351 g/mol. The number of rotatable bonds is 4. The summed E-state index contributed by atoms with van der Waals surface area (Å²) in [5.41, 5.74) is 0. The molecule has 4 aromatic rings. The van der Waals surface area contributed by atoms with E-state index in [0.717, 1.165) is 21.5 Å². The molecule has 5 heteroatoms. The Morgan fingerprint density at radius 1 is 0.600 bits per heavy atom. The molecule has 0 unspecified atom stereocenters. The summed E-state index contributed by atoms with van der Waals surface area (Å²) in [4.78, 5) is 10.6. The lowest BCUT2D eigenvalue weighted by Gasteiger charge is -2.19. The van der Waals surface area contributed by atoms with E-state index < -0.39 is 6.72 Å². The van der Waals surface area contributed by atoms with Crippen molar-refractivity contribution in [2.45, 2.75) is 0 Å². The fourth-order valence-corrected chi connectivity index (χ4v) is 4.15. The Kier molecular flexibility index (Phi) is 4.18. The molecule has 1 N–H and O–H groups in total. The average Bonchev–Trinajstić information content (AvgIpc) is 2.62. The fraction of sp³-hybridized carbons (Fsp3) is 0. The van der Waals surface area contributed by atoms with E-state index in [1.807, 2.05) is 72.8 Å². The summed E-state index contributed by atoms with van der Waals surface area (Å²) in [6.07, 6.45) is 0. The lowest BCUT2D eigenvalue weighted by molar-refractivity contribution is 0.381. The zero-order valence-corrected chi connectivity index (χ0v) is 14.9. The van der Waals surface area contributed by atoms with E-state index in [9.17, 15) is 4.89 Å². The highest BCUT2D eigenvalue weighted by Gasteiger charge is 2.21. The molecule has 0 aliphatic carbocycles. The van der Waals surface area contributed by atoms with Gasteiger partial charge in [0.05, 0.1) is 0 Å². The average molecular weight is 366 g/mol. The largest absolute Gasteiger partial charge is 0.432 e. The molecule has 0 saturated carbocycles. The van der Waals surface area contributed by atoms with Crippen molar-refractivity contribution in [2.75, 3.05) is 0 Å². The van der Waals surface area contributed by atoms with Gasteiger partial charge in [0.25, 0.3) is 0 Å². The van der Waals surface area contributed by atoms with Gasteiger partial charge in [0.15, 0.2) is 0 Å². The molecule has 25 heavy (non-hydrogen) atoms. The number of hydrogen-bond donors (Lipinski definition) is 1. The lowest BCUT2D eigenvalue weighted by Crippen LogP contribution is -2.00. The van der Waals surface area contributed by atoms with Crippen molar-refractivity contribution in [2.24, 2.45) is 0 Å². The lowest BCUT2D eigenvalue weighted by atomic mass is 10.1. The normalized spacial score (nSPS) is 11.6. The molecule has 0 aliphatic rings. The first-order chi connectivity index (χ1) is 12.1. The smallest absolute Gasteiger partial charge is 0.415 e. The Hall–Kier alpha value is -2.39. The molecule has 0 saturated heterocycles. The van der Waals surface area contributed by atoms with Crippen LogP contribution in [-0.4, -0.2) is 4.89 Å². The Morgan fingerprint density at radius 2 is 1.00 bits per heavy atom. The van der Waals surface area contributed by atoms with Crippen LogP contribution in [0.3, 0.4) is 0 Å². The molecular formula is C20H15O3PS. The molecule has 0 heterocycles. The molecule has 0 amide bonds. The van der Waals surface area contributed by atoms with Gasteiger partial charge >= 0.3 is 6.72 Å². The van der Waals surface area contributed by atoms with Crippen LogP contribution in [0.1, 0.15) is 0 Å². The van der Waals surface area contributed by atoms with E-state index >= 15 is 0 Å². The first-order valence-electron chi connectivity index (χ1n) is 7.80. The van der Waals surface area contributed by atoms with Gasteiger partial charge < -0.3 is 13.9 Å². The number of hydrogen-bond acceptors (Lipinski definition) is 3. The van der Waals surface area contributed by atoms with Crippen LogP contribution < -0.4 is 9.05 Å². The molecule has 0 fully saturated rings. The van der Waals surface area contributed by atoms with Crippen LogP contribution >= 0.6 is 6.72 Å². The summed E-state index contributed by atoms with van der Waals surface area (Å²) in [7, 11) is 0. The zero-order valence-electron chi connectivity index (χ0n) is 13.2. The van der Waals surface area contributed by atoms with Gasteiger partial charge in [0.2, 0.25) is 0 Å². The highest BCUT2D eigenvalue weighted by Crippen LogP contribution is 2.47. The van der Waals surface area contributed by atoms with Crippen LogP contribution in [0.15, 0.2) is 84.9 Å². The van der Waals surface area contributed by atoms with Crippen molar-refractivity contribution in [1.82, 2.24) is 0 Å². The van der Waals surface area contributed by atoms with Crippen LogP contribution in [0.4, 0.5) is 0 Å². The van der Waals surface area contributed by atoms with Crippen molar-refractivity contribution < 1.29 is 13.9 Å². The summed E-state index contributed by atoms with van der Waals surface area (Å²) in [6.45, 7) is -3.51. The van der Waals surface area contributed by atoms with E-state index in [4.69, 9.17) is 20.9 Å². The van der Waals surface area contributed by atoms with Gasteiger partial charge in [-0.15, -0.1) is 0 Å². The molecule has 124 valence electrons. The third-order valence-electron chi connectivity index (χ3n) is 3.93. The van der Waals surface area contributed by atoms with Gasteiger partial charge in [-0.3, -0.25) is 0 Å². The molecule has 4 aromatic carbocycles. The van der Waals surface area contributed by atoms with Crippen molar-refractivity contribution in [3.63, 3.8) is 0 Å². The second-order valence-corrected chi connectivity index (χ2v) is 8.29. The Balaban J connectivity index is 1.69. The summed E-state index contributed by atoms with van der Waals surface area (Å²) < 4.78 is 11.5. The van der Waals surface area contributed by atoms with Crippen molar-refractivity contribution >= 4 is 40.1 Å². The van der Waals surface area contributed by atoms with Gasteiger partial charge in [0, 0.05) is 22.6 Å². The van der Waals surface area contributed by atoms with Crippen molar-refractivity contribution in [3.05, 3.63) is 84.9 Å². The minimum atomic E-state index is -3.51. The first-order valence-corrected chi connectivity index (χ1v) is 10.4. The molecule has 0 radical (unpaired) electrons. The van der Waals surface area contributed by atoms with Crippen LogP contribution in [0.5, 0.6) is 11.5 Å². The van der Waals surface area contributed by atoms with Crippen LogP contribution in [0.25, 0.3) is 21.5 Å². The van der Waals surface area contributed by atoms with Gasteiger partial charge in [-0.1, -0.05) is 72.8 Å². The minimum Gasteiger partial charge on any atom is -0.415 e. The fourth-order valence-electron chi connectivity index (χ4n) is 2.82. The van der Waals surface area contributed by atoms with Crippen LogP contribution in [-0.2, 0) is 11.8 Å². The third-order valence-corrected chi connectivity index (χ3v) is 5.23. The van der Waals surface area contributed by atoms with Crippen LogP contribution in [0, 0.1) is 0 Å². The van der Waals surface area contributed by atoms with Gasteiger partial charge in [-0.25, -0.2) is 0 Å². The second-order valence-electron chi connectivity index (χ2n) is 5.61. The molecule has 0 atom stereocenters.